The van der Waals surface area contributed by atoms with Crippen molar-refractivity contribution in [2.45, 2.75) is 126 Å². The van der Waals surface area contributed by atoms with E-state index in [0.717, 1.165) is 18.3 Å². The van der Waals surface area contributed by atoms with Crippen LogP contribution < -0.4 is 0 Å². The second-order valence-electron chi connectivity index (χ2n) is 13.6. The lowest BCUT2D eigenvalue weighted by molar-refractivity contribution is -0.0962. The van der Waals surface area contributed by atoms with Gasteiger partial charge in [0.15, 0.2) is 0 Å². The number of aliphatic hydroxyl groups is 1. The summed E-state index contributed by atoms with van der Waals surface area (Å²) in [6.45, 7) is 19.6. The van der Waals surface area contributed by atoms with E-state index in [2.05, 4.69) is 61.5 Å². The highest BCUT2D eigenvalue weighted by molar-refractivity contribution is 5.38. The Morgan fingerprint density at radius 3 is 2.35 bits per heavy atom. The van der Waals surface area contributed by atoms with Crippen LogP contribution in [0.5, 0.6) is 0 Å². The summed E-state index contributed by atoms with van der Waals surface area (Å²) in [6.07, 6.45) is 15.2. The van der Waals surface area contributed by atoms with Gasteiger partial charge in [-0.05, 0) is 117 Å². The molecule has 176 valence electrons. The average molecular weight is 427 g/mol. The Balaban J connectivity index is 1.65. The number of hydrogen-bond donors (Lipinski definition) is 1. The molecule has 0 unspecified atom stereocenters. The molecule has 0 aliphatic heterocycles. The third-order valence-corrected chi connectivity index (χ3v) is 11.7. The molecule has 0 spiro atoms. The predicted molar refractivity (Wildman–Crippen MR) is 133 cm³/mol. The van der Waals surface area contributed by atoms with E-state index in [4.69, 9.17) is 0 Å². The first-order chi connectivity index (χ1) is 14.4. The molecule has 0 bridgehead atoms. The van der Waals surface area contributed by atoms with Crippen LogP contribution in [0.4, 0.5) is 0 Å². The lowest BCUT2D eigenvalue weighted by atomic mass is 9.43. The number of hydrogen-bond acceptors (Lipinski definition) is 1. The Labute approximate surface area is 193 Å². The van der Waals surface area contributed by atoms with E-state index in [0.29, 0.717) is 22.2 Å². The summed E-state index contributed by atoms with van der Waals surface area (Å²) in [4.78, 5) is 0. The molecular formula is C30H50O. The molecule has 2 saturated carbocycles. The molecule has 1 N–H and O–H groups in total. The van der Waals surface area contributed by atoms with Crippen molar-refractivity contribution in [3.8, 4) is 0 Å². The highest BCUT2D eigenvalue weighted by atomic mass is 16.3. The first-order valence-corrected chi connectivity index (χ1v) is 13.4. The molecule has 4 aliphatic carbocycles. The molecule has 1 heteroatoms. The van der Waals surface area contributed by atoms with Gasteiger partial charge >= 0.3 is 0 Å². The van der Waals surface area contributed by atoms with Gasteiger partial charge in [-0.25, -0.2) is 0 Å². The molecule has 0 aromatic carbocycles. The van der Waals surface area contributed by atoms with E-state index >= 15 is 0 Å². The second kappa shape index (κ2) is 7.75. The summed E-state index contributed by atoms with van der Waals surface area (Å²) in [7, 11) is 0. The Bertz CT molecular complexity index is 767. The van der Waals surface area contributed by atoms with E-state index in [1.807, 2.05) is 11.1 Å². The van der Waals surface area contributed by atoms with Gasteiger partial charge in [-0.15, -0.1) is 0 Å². The second-order valence-corrected chi connectivity index (χ2v) is 13.6. The number of fused-ring (bicyclic) bond motifs is 4. The van der Waals surface area contributed by atoms with Gasteiger partial charge in [-0.3, -0.25) is 0 Å². The normalized spacial score (nSPS) is 44.9. The quantitative estimate of drug-likeness (QED) is 0.447. The van der Waals surface area contributed by atoms with Gasteiger partial charge in [0, 0.05) is 0 Å². The molecule has 7 atom stereocenters. The van der Waals surface area contributed by atoms with Crippen molar-refractivity contribution in [1.29, 1.82) is 0 Å². The summed E-state index contributed by atoms with van der Waals surface area (Å²) >= 11 is 0. The number of rotatable bonds is 4. The molecule has 0 aromatic rings. The zero-order chi connectivity index (χ0) is 22.8. The molecule has 0 amide bonds. The lowest BCUT2D eigenvalue weighted by Gasteiger charge is -2.62. The number of aliphatic hydroxyl groups excluding tert-OH is 1. The van der Waals surface area contributed by atoms with Crippen molar-refractivity contribution in [3.05, 3.63) is 22.8 Å². The monoisotopic (exact) mass is 426 g/mol. The molecule has 31 heavy (non-hydrogen) atoms. The fourth-order valence-corrected chi connectivity index (χ4v) is 9.47. The largest absolute Gasteiger partial charge is 0.393 e. The molecule has 0 heterocycles. The third kappa shape index (κ3) is 3.34. The van der Waals surface area contributed by atoms with Gasteiger partial charge in [0.25, 0.3) is 0 Å². The summed E-state index contributed by atoms with van der Waals surface area (Å²) in [5.41, 5.74) is 6.41. The predicted octanol–water partition coefficient (Wildman–Crippen LogP) is 8.48. The van der Waals surface area contributed by atoms with Crippen LogP contribution in [0.1, 0.15) is 120 Å². The molecule has 4 rings (SSSR count). The van der Waals surface area contributed by atoms with Crippen LogP contribution in [0.3, 0.4) is 0 Å². The van der Waals surface area contributed by atoms with E-state index in [9.17, 15) is 5.11 Å². The van der Waals surface area contributed by atoms with Gasteiger partial charge in [0.1, 0.15) is 0 Å². The molecule has 4 aliphatic rings. The average Bonchev–Trinajstić information content (AvgIpc) is 2.96. The van der Waals surface area contributed by atoms with Crippen molar-refractivity contribution in [1.82, 2.24) is 0 Å². The third-order valence-electron chi connectivity index (χ3n) is 11.7. The maximum Gasteiger partial charge on any atom is 0.0594 e. The summed E-state index contributed by atoms with van der Waals surface area (Å²) in [5, 5.41) is 10.8. The highest BCUT2D eigenvalue weighted by Crippen LogP contribution is 2.72. The zero-order valence-electron chi connectivity index (χ0n) is 21.9. The lowest BCUT2D eigenvalue weighted by Crippen LogP contribution is -2.55. The molecule has 0 radical (unpaired) electrons. The summed E-state index contributed by atoms with van der Waals surface area (Å²) in [6, 6.07) is 0. The van der Waals surface area contributed by atoms with Gasteiger partial charge < -0.3 is 5.11 Å². The van der Waals surface area contributed by atoms with Crippen LogP contribution in [0, 0.1) is 39.4 Å². The van der Waals surface area contributed by atoms with Gasteiger partial charge in [0.2, 0.25) is 0 Å². The highest BCUT2D eigenvalue weighted by Gasteiger charge is 2.63. The maximum atomic E-state index is 10.8. The fraction of sp³-hybridized carbons (Fsp3) is 0.867. The van der Waals surface area contributed by atoms with E-state index in [-0.39, 0.29) is 11.5 Å². The van der Waals surface area contributed by atoms with Crippen molar-refractivity contribution in [2.24, 2.45) is 39.4 Å². The first-order valence-electron chi connectivity index (χ1n) is 13.4. The van der Waals surface area contributed by atoms with Crippen molar-refractivity contribution >= 4 is 0 Å². The molecular weight excluding hydrogens is 376 g/mol. The van der Waals surface area contributed by atoms with Crippen LogP contribution in [0.2, 0.25) is 0 Å². The molecule has 0 aromatic heterocycles. The minimum absolute atomic E-state index is 0.0465. The minimum atomic E-state index is -0.130. The van der Waals surface area contributed by atoms with E-state index in [1.165, 1.54) is 63.4 Å². The minimum Gasteiger partial charge on any atom is -0.393 e. The molecule has 2 fully saturated rings. The zero-order valence-corrected chi connectivity index (χ0v) is 21.9. The standard InChI is InChI=1S/C30H50O/c1-20(2)10-9-11-21(3)22-14-18-30(8)24-12-13-25-27(4,5)26(31)16-17-28(25,6)23(24)15-19-29(22,30)7/h10,21-22,25-26,31H,9,11-19H2,1-8H3/t21-,22+,25-,26+,28-,29-,30-/m1/s1. The molecule has 1 nitrogen and oxygen atoms in total. The van der Waals surface area contributed by atoms with Crippen molar-refractivity contribution < 1.29 is 5.11 Å². The smallest absolute Gasteiger partial charge is 0.0594 e. The van der Waals surface area contributed by atoms with Gasteiger partial charge in [-0.1, -0.05) is 64.3 Å². The van der Waals surface area contributed by atoms with Crippen LogP contribution in [-0.4, -0.2) is 11.2 Å². The fourth-order valence-electron chi connectivity index (χ4n) is 9.47. The summed E-state index contributed by atoms with van der Waals surface area (Å²) in [5.74, 6) is 2.32. The Morgan fingerprint density at radius 1 is 0.968 bits per heavy atom. The first kappa shape index (κ1) is 23.6. The van der Waals surface area contributed by atoms with Gasteiger partial charge in [-0.2, -0.15) is 0 Å². The Morgan fingerprint density at radius 2 is 1.68 bits per heavy atom. The van der Waals surface area contributed by atoms with E-state index in [1.54, 1.807) is 0 Å². The SMILES string of the molecule is CC(C)=CCC[C@@H](C)[C@@H]1CC[C@]2(C)C3=C(CC[C@]12C)[C@@]1(C)CC[C@H](O)C(C)(C)[C@H]1CC3. The Hall–Kier alpha value is -0.560. The molecule has 0 saturated heterocycles. The van der Waals surface area contributed by atoms with E-state index < -0.39 is 0 Å². The van der Waals surface area contributed by atoms with Crippen LogP contribution in [0.25, 0.3) is 0 Å². The van der Waals surface area contributed by atoms with Crippen molar-refractivity contribution in [2.75, 3.05) is 0 Å². The van der Waals surface area contributed by atoms with Crippen LogP contribution in [0.15, 0.2) is 22.8 Å². The van der Waals surface area contributed by atoms with Crippen molar-refractivity contribution in [3.63, 3.8) is 0 Å². The van der Waals surface area contributed by atoms with Gasteiger partial charge in [0.05, 0.1) is 6.10 Å². The maximum absolute atomic E-state index is 10.8. The van der Waals surface area contributed by atoms with Crippen LogP contribution in [-0.2, 0) is 0 Å². The van der Waals surface area contributed by atoms with Crippen LogP contribution >= 0.6 is 0 Å². The topological polar surface area (TPSA) is 20.2 Å². The summed E-state index contributed by atoms with van der Waals surface area (Å²) < 4.78 is 0. The number of allylic oxidation sites excluding steroid dienone is 4. The Kier molecular flexibility index (Phi) is 5.90.